The van der Waals surface area contributed by atoms with Crippen molar-refractivity contribution in [2.24, 2.45) is 0 Å². The Morgan fingerprint density at radius 1 is 1.00 bits per heavy atom. The summed E-state index contributed by atoms with van der Waals surface area (Å²) in [6.07, 6.45) is 0.302. The average Bonchev–Trinajstić information content (AvgIpc) is 3.20. The van der Waals surface area contributed by atoms with Gasteiger partial charge in [-0.15, -0.1) is 11.3 Å². The summed E-state index contributed by atoms with van der Waals surface area (Å²) < 4.78 is 5.49. The molecule has 28 heavy (non-hydrogen) atoms. The quantitative estimate of drug-likeness (QED) is 0.608. The molecule has 0 saturated carbocycles. The van der Waals surface area contributed by atoms with E-state index >= 15 is 0 Å². The molecule has 1 aromatic heterocycles. The average molecular weight is 394 g/mol. The first-order valence-corrected chi connectivity index (χ1v) is 9.84. The number of benzene rings is 2. The number of aryl methyl sites for hydroxylation is 1. The van der Waals surface area contributed by atoms with E-state index in [1.54, 1.807) is 23.5 Å². The molecule has 1 heterocycles. The van der Waals surface area contributed by atoms with Crippen molar-refractivity contribution in [2.75, 3.05) is 11.9 Å². The molecule has 6 heteroatoms. The highest BCUT2D eigenvalue weighted by Gasteiger charge is 2.06. The number of anilines is 1. The van der Waals surface area contributed by atoms with Crippen LogP contribution in [0.15, 0.2) is 66.0 Å². The van der Waals surface area contributed by atoms with Gasteiger partial charge in [-0.3, -0.25) is 9.59 Å². The summed E-state index contributed by atoms with van der Waals surface area (Å²) in [5, 5.41) is 7.68. The molecule has 0 atom stereocenters. The first-order chi connectivity index (χ1) is 13.6. The van der Waals surface area contributed by atoms with Gasteiger partial charge < -0.3 is 15.4 Å². The van der Waals surface area contributed by atoms with E-state index < -0.39 is 0 Å². The van der Waals surface area contributed by atoms with Crippen molar-refractivity contribution in [2.45, 2.75) is 19.9 Å². The summed E-state index contributed by atoms with van der Waals surface area (Å²) in [4.78, 5) is 25.2. The fraction of sp³-hybridized carbons (Fsp3) is 0.182. The van der Waals surface area contributed by atoms with Crippen LogP contribution < -0.4 is 15.4 Å². The molecular weight excluding hydrogens is 372 g/mol. The predicted octanol–water partition coefficient (Wildman–Crippen LogP) is 3.93. The smallest absolute Gasteiger partial charge is 0.262 e. The SMILES string of the molecule is Cc1cccc(OCC(=O)Nc2ccc(CC(=O)NCc3cccs3)cc2)c1. The molecule has 0 aliphatic heterocycles. The minimum atomic E-state index is -0.233. The molecule has 0 saturated heterocycles. The zero-order valence-electron chi connectivity index (χ0n) is 15.6. The summed E-state index contributed by atoms with van der Waals surface area (Å²) in [7, 11) is 0. The largest absolute Gasteiger partial charge is 0.484 e. The highest BCUT2D eigenvalue weighted by atomic mass is 32.1. The first kappa shape index (κ1) is 19.6. The number of hydrogen-bond acceptors (Lipinski definition) is 4. The summed E-state index contributed by atoms with van der Waals surface area (Å²) in [5.74, 6) is 0.402. The van der Waals surface area contributed by atoms with Crippen LogP contribution in [-0.4, -0.2) is 18.4 Å². The maximum Gasteiger partial charge on any atom is 0.262 e. The van der Waals surface area contributed by atoms with Crippen LogP contribution >= 0.6 is 11.3 Å². The van der Waals surface area contributed by atoms with Gasteiger partial charge in [-0.1, -0.05) is 30.3 Å². The Bertz CT molecular complexity index is 921. The van der Waals surface area contributed by atoms with Gasteiger partial charge in [0, 0.05) is 10.6 Å². The fourth-order valence-corrected chi connectivity index (χ4v) is 3.25. The van der Waals surface area contributed by atoms with Gasteiger partial charge in [-0.05, 0) is 53.8 Å². The van der Waals surface area contributed by atoms with E-state index in [0.29, 0.717) is 24.4 Å². The van der Waals surface area contributed by atoms with E-state index in [9.17, 15) is 9.59 Å². The molecule has 2 aromatic carbocycles. The number of nitrogens with one attached hydrogen (secondary N) is 2. The molecular formula is C22H22N2O3S. The van der Waals surface area contributed by atoms with Crippen molar-refractivity contribution in [3.63, 3.8) is 0 Å². The van der Waals surface area contributed by atoms with Gasteiger partial charge in [-0.25, -0.2) is 0 Å². The fourth-order valence-electron chi connectivity index (χ4n) is 2.60. The van der Waals surface area contributed by atoms with E-state index in [1.165, 1.54) is 0 Å². The molecule has 0 unspecified atom stereocenters. The molecule has 0 bridgehead atoms. The first-order valence-electron chi connectivity index (χ1n) is 8.96. The summed E-state index contributed by atoms with van der Waals surface area (Å²) in [6, 6.07) is 18.7. The highest BCUT2D eigenvalue weighted by molar-refractivity contribution is 7.09. The van der Waals surface area contributed by atoms with Gasteiger partial charge in [0.05, 0.1) is 13.0 Å². The van der Waals surface area contributed by atoms with Crippen molar-refractivity contribution >= 4 is 28.8 Å². The third-order valence-corrected chi connectivity index (χ3v) is 4.88. The van der Waals surface area contributed by atoms with Gasteiger partial charge >= 0.3 is 0 Å². The second kappa shape index (κ2) is 9.71. The Kier molecular flexibility index (Phi) is 6.81. The molecule has 0 radical (unpaired) electrons. The minimum absolute atomic E-state index is 0.0308. The van der Waals surface area contributed by atoms with Crippen LogP contribution in [0.1, 0.15) is 16.0 Å². The normalized spacial score (nSPS) is 10.3. The van der Waals surface area contributed by atoms with E-state index in [-0.39, 0.29) is 18.4 Å². The van der Waals surface area contributed by atoms with Crippen LogP contribution in [0.4, 0.5) is 5.69 Å². The van der Waals surface area contributed by atoms with Gasteiger partial charge in [0.1, 0.15) is 5.75 Å². The molecule has 0 fully saturated rings. The second-order valence-electron chi connectivity index (χ2n) is 6.38. The number of hydrogen-bond donors (Lipinski definition) is 2. The third-order valence-electron chi connectivity index (χ3n) is 4.00. The van der Waals surface area contributed by atoms with Crippen LogP contribution in [0, 0.1) is 6.92 Å². The standard InChI is InChI=1S/C22H22N2O3S/c1-16-4-2-5-19(12-16)27-15-22(26)24-18-9-7-17(8-10-18)13-21(25)23-14-20-6-3-11-28-20/h2-12H,13-15H2,1H3,(H,23,25)(H,24,26). The topological polar surface area (TPSA) is 67.4 Å². The van der Waals surface area contributed by atoms with Crippen LogP contribution in [-0.2, 0) is 22.6 Å². The Morgan fingerprint density at radius 2 is 1.82 bits per heavy atom. The molecule has 144 valence electrons. The van der Waals surface area contributed by atoms with Crippen molar-refractivity contribution in [1.82, 2.24) is 5.32 Å². The summed E-state index contributed by atoms with van der Waals surface area (Å²) in [6.45, 7) is 2.46. The van der Waals surface area contributed by atoms with E-state index in [2.05, 4.69) is 10.6 Å². The Balaban J connectivity index is 1.43. The molecule has 2 N–H and O–H groups in total. The lowest BCUT2D eigenvalue weighted by Gasteiger charge is -2.09. The maximum atomic E-state index is 12.0. The molecule has 0 spiro atoms. The summed E-state index contributed by atoms with van der Waals surface area (Å²) in [5.41, 5.74) is 2.63. The maximum absolute atomic E-state index is 12.0. The second-order valence-corrected chi connectivity index (χ2v) is 7.42. The van der Waals surface area contributed by atoms with Gasteiger partial charge in [0.25, 0.3) is 5.91 Å². The molecule has 3 rings (SSSR count). The van der Waals surface area contributed by atoms with Crippen molar-refractivity contribution in [1.29, 1.82) is 0 Å². The van der Waals surface area contributed by atoms with Gasteiger partial charge in [0.2, 0.25) is 5.91 Å². The van der Waals surface area contributed by atoms with Crippen LogP contribution in [0.3, 0.4) is 0 Å². The van der Waals surface area contributed by atoms with Crippen LogP contribution in [0.5, 0.6) is 5.75 Å². The van der Waals surface area contributed by atoms with Crippen LogP contribution in [0.25, 0.3) is 0 Å². The number of ether oxygens (including phenoxy) is 1. The van der Waals surface area contributed by atoms with E-state index in [0.717, 1.165) is 16.0 Å². The Hall–Kier alpha value is -3.12. The number of carbonyl (C=O) groups excluding carboxylic acids is 2. The van der Waals surface area contributed by atoms with Gasteiger partial charge in [0.15, 0.2) is 6.61 Å². The molecule has 0 aliphatic carbocycles. The Labute approximate surface area is 168 Å². The lowest BCUT2D eigenvalue weighted by molar-refractivity contribution is -0.120. The van der Waals surface area contributed by atoms with Crippen molar-refractivity contribution < 1.29 is 14.3 Å². The molecule has 5 nitrogen and oxygen atoms in total. The molecule has 2 amide bonds. The zero-order valence-corrected chi connectivity index (χ0v) is 16.4. The number of carbonyl (C=O) groups is 2. The highest BCUT2D eigenvalue weighted by Crippen LogP contribution is 2.13. The van der Waals surface area contributed by atoms with Crippen LogP contribution in [0.2, 0.25) is 0 Å². The minimum Gasteiger partial charge on any atom is -0.484 e. The van der Waals surface area contributed by atoms with Crippen molar-refractivity contribution in [3.05, 3.63) is 82.0 Å². The molecule has 3 aromatic rings. The Morgan fingerprint density at radius 3 is 2.54 bits per heavy atom. The lowest BCUT2D eigenvalue weighted by Crippen LogP contribution is -2.24. The summed E-state index contributed by atoms with van der Waals surface area (Å²) >= 11 is 1.62. The monoisotopic (exact) mass is 394 g/mol. The zero-order chi connectivity index (χ0) is 19.8. The number of amides is 2. The third kappa shape index (κ3) is 6.25. The van der Waals surface area contributed by atoms with E-state index in [4.69, 9.17) is 4.74 Å². The van der Waals surface area contributed by atoms with Gasteiger partial charge in [-0.2, -0.15) is 0 Å². The lowest BCUT2D eigenvalue weighted by atomic mass is 10.1. The van der Waals surface area contributed by atoms with Crippen molar-refractivity contribution in [3.8, 4) is 5.75 Å². The number of rotatable bonds is 8. The molecule has 0 aliphatic rings. The predicted molar refractivity (Wildman–Crippen MR) is 112 cm³/mol. The van der Waals surface area contributed by atoms with E-state index in [1.807, 2.05) is 60.8 Å². The number of thiophene rings is 1.